The second kappa shape index (κ2) is 4.36. The number of nitrogens with zero attached hydrogens (tertiary/aromatic N) is 2. The molecule has 6 heteroatoms. The van der Waals surface area contributed by atoms with Crippen molar-refractivity contribution in [3.05, 3.63) is 0 Å². The van der Waals surface area contributed by atoms with E-state index >= 15 is 0 Å². The third-order valence-electron chi connectivity index (χ3n) is 5.23. The van der Waals surface area contributed by atoms with Gasteiger partial charge in [0.15, 0.2) is 0 Å². The molecule has 0 aromatic heterocycles. The van der Waals surface area contributed by atoms with Gasteiger partial charge >= 0.3 is 6.18 Å². The lowest BCUT2D eigenvalue weighted by Crippen LogP contribution is -2.63. The predicted molar refractivity (Wildman–Crippen MR) is 67.8 cm³/mol. The van der Waals surface area contributed by atoms with Gasteiger partial charge in [0.05, 0.1) is 45.2 Å². The van der Waals surface area contributed by atoms with Gasteiger partial charge in [0.25, 0.3) is 0 Å². The summed E-state index contributed by atoms with van der Waals surface area (Å²) in [7, 11) is 4.33. The van der Waals surface area contributed by atoms with Crippen LogP contribution in [0.15, 0.2) is 0 Å². The van der Waals surface area contributed by atoms with Crippen LogP contribution in [0.3, 0.4) is 0 Å². The number of rotatable bonds is 1. The third-order valence-corrected chi connectivity index (χ3v) is 5.23. The minimum absolute atomic E-state index is 0.00345. The van der Waals surface area contributed by atoms with Crippen molar-refractivity contribution >= 4 is 5.91 Å². The lowest BCUT2D eigenvalue weighted by Gasteiger charge is -2.47. The van der Waals surface area contributed by atoms with Crippen LogP contribution >= 0.6 is 0 Å². The summed E-state index contributed by atoms with van der Waals surface area (Å²) in [6, 6.07) is 0.474. The van der Waals surface area contributed by atoms with Crippen LogP contribution in [0.25, 0.3) is 0 Å². The Morgan fingerprint density at radius 2 is 1.60 bits per heavy atom. The molecule has 3 aliphatic rings. The number of halogens is 3. The Labute approximate surface area is 117 Å². The fourth-order valence-electron chi connectivity index (χ4n) is 4.19. The second-order valence-electron chi connectivity index (χ2n) is 7.34. The Hall–Kier alpha value is -0.780. The van der Waals surface area contributed by atoms with E-state index in [4.69, 9.17) is 0 Å². The highest BCUT2D eigenvalue weighted by Gasteiger charge is 2.54. The van der Waals surface area contributed by atoms with Gasteiger partial charge in [0, 0.05) is 5.92 Å². The van der Waals surface area contributed by atoms with E-state index in [2.05, 4.69) is 14.1 Å². The van der Waals surface area contributed by atoms with Gasteiger partial charge in [-0.2, -0.15) is 13.2 Å². The molecule has 20 heavy (non-hydrogen) atoms. The number of quaternary nitrogens is 1. The van der Waals surface area contributed by atoms with E-state index in [0.29, 0.717) is 0 Å². The van der Waals surface area contributed by atoms with Crippen molar-refractivity contribution in [1.29, 1.82) is 0 Å². The van der Waals surface area contributed by atoms with Crippen LogP contribution in [0.5, 0.6) is 0 Å². The van der Waals surface area contributed by atoms with E-state index in [9.17, 15) is 18.0 Å². The summed E-state index contributed by atoms with van der Waals surface area (Å²) in [5, 5.41) is 0. The first-order valence-corrected chi connectivity index (χ1v) is 7.38. The van der Waals surface area contributed by atoms with Crippen molar-refractivity contribution in [2.75, 3.05) is 27.2 Å². The first-order valence-electron chi connectivity index (χ1n) is 7.38. The molecule has 0 N–H and O–H groups in total. The monoisotopic (exact) mass is 291 g/mol. The molecule has 3 nitrogen and oxygen atoms in total. The minimum atomic E-state index is -4.13. The predicted octanol–water partition coefficient (Wildman–Crippen LogP) is 2.02. The fourth-order valence-corrected chi connectivity index (χ4v) is 4.19. The molecule has 2 unspecified atom stereocenters. The van der Waals surface area contributed by atoms with Crippen LogP contribution < -0.4 is 0 Å². The van der Waals surface area contributed by atoms with Gasteiger partial charge in [-0.25, -0.2) is 0 Å². The van der Waals surface area contributed by atoms with Crippen LogP contribution in [-0.4, -0.2) is 60.7 Å². The lowest BCUT2D eigenvalue weighted by atomic mass is 9.73. The molecule has 0 aromatic rings. The van der Waals surface area contributed by atoms with Crippen LogP contribution in [-0.2, 0) is 4.79 Å². The van der Waals surface area contributed by atoms with E-state index in [1.54, 1.807) is 0 Å². The smallest absolute Gasteiger partial charge is 0.325 e. The lowest BCUT2D eigenvalue weighted by molar-refractivity contribution is -0.898. The molecular formula is C14H22F3N2O+. The Morgan fingerprint density at radius 3 is 2.05 bits per heavy atom. The number of fused-ring (bicyclic) bond motifs is 2. The molecule has 1 aliphatic carbocycles. The largest absolute Gasteiger partial charge is 0.391 e. The normalized spacial score (nSPS) is 39.5. The second-order valence-corrected chi connectivity index (χ2v) is 7.34. The standard InChI is InChI=1S/C14H22F3N2O/c1-19(2)7-11-3-4-12(8-19)18(11)13(20)9-5-10(6-9)14(15,16)17/h9-12H,3-8H2,1-2H3/q+1. The van der Waals surface area contributed by atoms with Crippen LogP contribution in [0.1, 0.15) is 25.7 Å². The summed E-state index contributed by atoms with van der Waals surface area (Å²) in [6.45, 7) is 1.86. The van der Waals surface area contributed by atoms with Crippen molar-refractivity contribution in [2.24, 2.45) is 11.8 Å². The molecule has 2 aliphatic heterocycles. The zero-order valence-electron chi connectivity index (χ0n) is 12.0. The van der Waals surface area contributed by atoms with E-state index in [1.165, 1.54) is 0 Å². The highest BCUT2D eigenvalue weighted by Crippen LogP contribution is 2.46. The maximum atomic E-state index is 12.5. The molecule has 2 bridgehead atoms. The molecule has 3 rings (SSSR count). The number of carbonyl (C=O) groups excluding carboxylic acids is 1. The number of likely N-dealkylation sites (N-methyl/N-ethyl adjacent to an activating group) is 1. The van der Waals surface area contributed by atoms with Gasteiger partial charge < -0.3 is 9.38 Å². The Kier molecular flexibility index (Phi) is 3.09. The molecule has 0 radical (unpaired) electrons. The van der Waals surface area contributed by atoms with Crippen molar-refractivity contribution in [1.82, 2.24) is 4.90 Å². The summed E-state index contributed by atoms with van der Waals surface area (Å²) in [6.07, 6.45) is -2.12. The molecule has 1 amide bonds. The van der Waals surface area contributed by atoms with Gasteiger partial charge in [-0.15, -0.1) is 0 Å². The number of hydrogen-bond donors (Lipinski definition) is 0. The van der Waals surface area contributed by atoms with Crippen molar-refractivity contribution in [2.45, 2.75) is 43.9 Å². The molecule has 3 fully saturated rings. The van der Waals surface area contributed by atoms with Gasteiger partial charge in [-0.1, -0.05) is 0 Å². The zero-order valence-corrected chi connectivity index (χ0v) is 12.0. The quantitative estimate of drug-likeness (QED) is 0.677. The van der Waals surface area contributed by atoms with Crippen molar-refractivity contribution < 1.29 is 22.4 Å². The van der Waals surface area contributed by atoms with Crippen molar-refractivity contribution in [3.63, 3.8) is 0 Å². The summed E-state index contributed by atoms with van der Waals surface area (Å²) in [5.74, 6) is -1.66. The summed E-state index contributed by atoms with van der Waals surface area (Å²) >= 11 is 0. The summed E-state index contributed by atoms with van der Waals surface area (Å²) in [5.41, 5.74) is 0. The first-order chi connectivity index (χ1) is 9.17. The number of alkyl halides is 3. The van der Waals surface area contributed by atoms with Gasteiger partial charge in [0.1, 0.15) is 0 Å². The van der Waals surface area contributed by atoms with E-state index in [-0.39, 0.29) is 30.8 Å². The molecule has 2 heterocycles. The van der Waals surface area contributed by atoms with Gasteiger partial charge in [-0.3, -0.25) is 4.79 Å². The molecule has 2 saturated heterocycles. The maximum absolute atomic E-state index is 12.5. The van der Waals surface area contributed by atoms with E-state index in [1.807, 2.05) is 4.90 Å². The number of likely N-dealkylation sites (tertiary alicyclic amines) is 1. The van der Waals surface area contributed by atoms with Crippen LogP contribution in [0, 0.1) is 11.8 Å². The average Bonchev–Trinajstić information content (AvgIpc) is 2.46. The van der Waals surface area contributed by atoms with Crippen LogP contribution in [0.2, 0.25) is 0 Å². The highest BCUT2D eigenvalue weighted by atomic mass is 19.4. The molecule has 0 aromatic carbocycles. The Bertz CT molecular complexity index is 399. The molecule has 2 atom stereocenters. The van der Waals surface area contributed by atoms with Gasteiger partial charge in [0.2, 0.25) is 5.91 Å². The molecule has 0 spiro atoms. The summed E-state index contributed by atoms with van der Waals surface area (Å²) in [4.78, 5) is 14.4. The topological polar surface area (TPSA) is 20.3 Å². The first kappa shape index (κ1) is 14.2. The Morgan fingerprint density at radius 1 is 1.10 bits per heavy atom. The summed E-state index contributed by atoms with van der Waals surface area (Å²) < 4.78 is 38.5. The fraction of sp³-hybridized carbons (Fsp3) is 0.929. The van der Waals surface area contributed by atoms with Crippen molar-refractivity contribution in [3.8, 4) is 0 Å². The number of carbonyl (C=O) groups is 1. The SMILES string of the molecule is C[N+]1(C)CC2CCC(C1)N2C(=O)C1CC(C(F)(F)F)C1. The number of amides is 1. The molecule has 114 valence electrons. The number of hydrogen-bond acceptors (Lipinski definition) is 1. The Balaban J connectivity index is 1.63. The third kappa shape index (κ3) is 2.32. The molecule has 1 saturated carbocycles. The zero-order chi connectivity index (χ0) is 14.7. The van der Waals surface area contributed by atoms with E-state index in [0.717, 1.165) is 30.4 Å². The number of piperazine rings is 1. The molecular weight excluding hydrogens is 269 g/mol. The van der Waals surface area contributed by atoms with Crippen LogP contribution in [0.4, 0.5) is 13.2 Å². The highest BCUT2D eigenvalue weighted by molar-refractivity contribution is 5.81. The average molecular weight is 291 g/mol. The minimum Gasteiger partial charge on any atom is -0.325 e. The maximum Gasteiger partial charge on any atom is 0.391 e. The van der Waals surface area contributed by atoms with E-state index < -0.39 is 18.0 Å². The van der Waals surface area contributed by atoms with Gasteiger partial charge in [-0.05, 0) is 25.7 Å².